The Morgan fingerprint density at radius 3 is 2.56 bits per heavy atom. The standard InChI is InChI=1S/C15H16Cl3N3O3S/c1-9-19-14(18)11(4-3-7-24-25(2,22)23)15(20-9)21-13-6-5-10(16)8-12(13)17/h5-6,8H,3-4,7H2,1-2H3,(H,19,20,21). The highest BCUT2D eigenvalue weighted by Gasteiger charge is 2.14. The summed E-state index contributed by atoms with van der Waals surface area (Å²) in [5.74, 6) is 0.995. The van der Waals surface area contributed by atoms with Gasteiger partial charge in [0.2, 0.25) is 0 Å². The molecule has 1 aromatic carbocycles. The monoisotopic (exact) mass is 423 g/mol. The third kappa shape index (κ3) is 6.27. The number of hydrogen-bond donors (Lipinski definition) is 1. The summed E-state index contributed by atoms with van der Waals surface area (Å²) in [5.41, 5.74) is 1.27. The van der Waals surface area contributed by atoms with Crippen LogP contribution >= 0.6 is 34.8 Å². The molecule has 0 bridgehead atoms. The molecule has 0 amide bonds. The number of benzene rings is 1. The van der Waals surface area contributed by atoms with E-state index in [1.165, 1.54) is 0 Å². The number of hydrogen-bond acceptors (Lipinski definition) is 6. The van der Waals surface area contributed by atoms with Crippen LogP contribution in [0, 0.1) is 6.92 Å². The molecule has 25 heavy (non-hydrogen) atoms. The van der Waals surface area contributed by atoms with Crippen LogP contribution in [0.4, 0.5) is 11.5 Å². The van der Waals surface area contributed by atoms with Crippen LogP contribution in [0.3, 0.4) is 0 Å². The van der Waals surface area contributed by atoms with E-state index in [1.807, 2.05) is 0 Å². The number of aryl methyl sites for hydroxylation is 1. The Kier molecular flexibility index (Phi) is 6.87. The van der Waals surface area contributed by atoms with E-state index >= 15 is 0 Å². The second-order valence-electron chi connectivity index (χ2n) is 5.27. The van der Waals surface area contributed by atoms with E-state index in [2.05, 4.69) is 15.3 Å². The van der Waals surface area contributed by atoms with Gasteiger partial charge >= 0.3 is 0 Å². The fourth-order valence-electron chi connectivity index (χ4n) is 2.06. The van der Waals surface area contributed by atoms with E-state index in [9.17, 15) is 8.42 Å². The maximum Gasteiger partial charge on any atom is 0.264 e. The van der Waals surface area contributed by atoms with Crippen LogP contribution in [0.1, 0.15) is 17.8 Å². The smallest absolute Gasteiger partial charge is 0.264 e. The minimum atomic E-state index is -3.47. The van der Waals surface area contributed by atoms with Crippen LogP contribution in [0.5, 0.6) is 0 Å². The summed E-state index contributed by atoms with van der Waals surface area (Å²) >= 11 is 18.3. The van der Waals surface area contributed by atoms with E-state index in [4.69, 9.17) is 39.0 Å². The molecule has 0 spiro atoms. The number of rotatable bonds is 7. The summed E-state index contributed by atoms with van der Waals surface area (Å²) in [6.07, 6.45) is 1.87. The Balaban J connectivity index is 2.21. The van der Waals surface area contributed by atoms with Gasteiger partial charge in [0.1, 0.15) is 16.8 Å². The molecule has 0 aliphatic carbocycles. The maximum atomic E-state index is 11.0. The fourth-order valence-corrected chi connectivity index (χ4v) is 3.25. The van der Waals surface area contributed by atoms with Crippen molar-refractivity contribution >= 4 is 56.4 Å². The molecule has 10 heteroatoms. The first kappa shape index (κ1) is 20.2. The Labute approximate surface area is 161 Å². The van der Waals surface area contributed by atoms with Gasteiger partial charge in [-0.3, -0.25) is 4.18 Å². The van der Waals surface area contributed by atoms with Gasteiger partial charge in [0.25, 0.3) is 10.1 Å². The van der Waals surface area contributed by atoms with E-state index in [1.54, 1.807) is 25.1 Å². The number of halogens is 3. The van der Waals surface area contributed by atoms with Crippen LogP contribution in [-0.2, 0) is 20.7 Å². The number of aromatic nitrogens is 2. The molecular weight excluding hydrogens is 409 g/mol. The molecule has 1 aromatic heterocycles. The lowest BCUT2D eigenvalue weighted by Gasteiger charge is -2.14. The average molecular weight is 425 g/mol. The molecule has 0 unspecified atom stereocenters. The van der Waals surface area contributed by atoms with Gasteiger partial charge in [-0.1, -0.05) is 34.8 Å². The second kappa shape index (κ2) is 8.51. The van der Waals surface area contributed by atoms with Crippen molar-refractivity contribution < 1.29 is 12.6 Å². The third-order valence-corrected chi connectivity index (χ3v) is 4.58. The van der Waals surface area contributed by atoms with Gasteiger partial charge < -0.3 is 5.32 Å². The zero-order chi connectivity index (χ0) is 18.6. The first-order valence-electron chi connectivity index (χ1n) is 7.25. The predicted molar refractivity (Wildman–Crippen MR) is 101 cm³/mol. The Bertz CT molecular complexity index is 876. The first-order valence-corrected chi connectivity index (χ1v) is 10.2. The van der Waals surface area contributed by atoms with Crippen LogP contribution in [-0.4, -0.2) is 31.2 Å². The summed E-state index contributed by atoms with van der Waals surface area (Å²) in [5, 5.41) is 4.37. The van der Waals surface area contributed by atoms with Crippen LogP contribution in [0.25, 0.3) is 0 Å². The summed E-state index contributed by atoms with van der Waals surface area (Å²) in [6.45, 7) is 1.77. The van der Waals surface area contributed by atoms with Crippen molar-refractivity contribution in [1.29, 1.82) is 0 Å². The fraction of sp³-hybridized carbons (Fsp3) is 0.333. The number of nitrogens with zero attached hydrogens (tertiary/aromatic N) is 2. The summed E-state index contributed by atoms with van der Waals surface area (Å²) in [7, 11) is -3.47. The predicted octanol–water partition coefficient (Wildman–Crippen LogP) is 4.40. The molecule has 136 valence electrons. The van der Waals surface area contributed by atoms with Crippen molar-refractivity contribution in [1.82, 2.24) is 9.97 Å². The van der Waals surface area contributed by atoms with E-state index in [0.717, 1.165) is 6.26 Å². The highest BCUT2D eigenvalue weighted by atomic mass is 35.5. The van der Waals surface area contributed by atoms with Crippen molar-refractivity contribution in [2.24, 2.45) is 0 Å². The molecule has 1 heterocycles. The molecule has 1 N–H and O–H groups in total. The quantitative estimate of drug-likeness (QED) is 0.403. The maximum absolute atomic E-state index is 11.0. The summed E-state index contributed by atoms with van der Waals surface area (Å²) in [6, 6.07) is 5.04. The van der Waals surface area contributed by atoms with Gasteiger partial charge in [-0.05, 0) is 38.0 Å². The molecule has 2 aromatic rings. The lowest BCUT2D eigenvalue weighted by atomic mass is 10.1. The average Bonchev–Trinajstić information content (AvgIpc) is 2.47. The molecule has 0 saturated carbocycles. The minimum absolute atomic E-state index is 0.0458. The molecule has 0 atom stereocenters. The molecular formula is C15H16Cl3N3O3S. The van der Waals surface area contributed by atoms with E-state index < -0.39 is 10.1 Å². The van der Waals surface area contributed by atoms with Gasteiger partial charge in [-0.2, -0.15) is 8.42 Å². The number of nitrogens with one attached hydrogen (secondary N) is 1. The van der Waals surface area contributed by atoms with Gasteiger partial charge in [-0.25, -0.2) is 9.97 Å². The van der Waals surface area contributed by atoms with E-state index in [-0.39, 0.29) is 6.61 Å². The topological polar surface area (TPSA) is 81.2 Å². The highest BCUT2D eigenvalue weighted by molar-refractivity contribution is 7.85. The van der Waals surface area contributed by atoms with Gasteiger partial charge in [0, 0.05) is 10.6 Å². The third-order valence-electron chi connectivity index (χ3n) is 3.12. The molecule has 0 aliphatic rings. The Morgan fingerprint density at radius 1 is 1.20 bits per heavy atom. The van der Waals surface area contributed by atoms with Crippen molar-refractivity contribution in [3.05, 3.63) is 44.8 Å². The summed E-state index contributed by atoms with van der Waals surface area (Å²) in [4.78, 5) is 8.50. The molecule has 2 rings (SSSR count). The molecule has 0 radical (unpaired) electrons. The Hall–Kier alpha value is -1.12. The normalized spacial score (nSPS) is 11.6. The molecule has 0 fully saturated rings. The molecule has 0 saturated heterocycles. The second-order valence-corrected chi connectivity index (χ2v) is 8.11. The lowest BCUT2D eigenvalue weighted by molar-refractivity contribution is 0.316. The molecule has 0 aliphatic heterocycles. The highest BCUT2D eigenvalue weighted by Crippen LogP contribution is 2.31. The van der Waals surface area contributed by atoms with Crippen molar-refractivity contribution in [2.45, 2.75) is 19.8 Å². The zero-order valence-corrected chi connectivity index (χ0v) is 16.6. The minimum Gasteiger partial charge on any atom is -0.339 e. The van der Waals surface area contributed by atoms with Crippen molar-refractivity contribution in [2.75, 3.05) is 18.2 Å². The van der Waals surface area contributed by atoms with Gasteiger partial charge in [0.15, 0.2) is 0 Å². The molecule has 6 nitrogen and oxygen atoms in total. The zero-order valence-electron chi connectivity index (χ0n) is 13.5. The van der Waals surface area contributed by atoms with E-state index in [0.29, 0.717) is 50.9 Å². The van der Waals surface area contributed by atoms with Crippen molar-refractivity contribution in [3.8, 4) is 0 Å². The van der Waals surface area contributed by atoms with Gasteiger partial charge in [0.05, 0.1) is 23.6 Å². The van der Waals surface area contributed by atoms with Crippen LogP contribution in [0.15, 0.2) is 18.2 Å². The SMILES string of the molecule is Cc1nc(Cl)c(CCCOS(C)(=O)=O)c(Nc2ccc(Cl)cc2Cl)n1. The number of anilines is 2. The largest absolute Gasteiger partial charge is 0.339 e. The Morgan fingerprint density at radius 2 is 1.92 bits per heavy atom. The van der Waals surface area contributed by atoms with Crippen LogP contribution < -0.4 is 5.32 Å². The van der Waals surface area contributed by atoms with Gasteiger partial charge in [-0.15, -0.1) is 0 Å². The lowest BCUT2D eigenvalue weighted by Crippen LogP contribution is -2.08. The van der Waals surface area contributed by atoms with Crippen LogP contribution in [0.2, 0.25) is 15.2 Å². The first-order chi connectivity index (χ1) is 11.7. The summed E-state index contributed by atoms with van der Waals surface area (Å²) < 4.78 is 26.8. The van der Waals surface area contributed by atoms with Crippen molar-refractivity contribution in [3.63, 3.8) is 0 Å².